The molecule has 72 valence electrons. The van der Waals surface area contributed by atoms with Gasteiger partial charge in [0.2, 0.25) is 0 Å². The van der Waals surface area contributed by atoms with Gasteiger partial charge >= 0.3 is 0 Å². The molecule has 2 heterocycles. The normalized spacial score (nSPS) is 27.4. The number of nitrogens with zero attached hydrogens (tertiary/aromatic N) is 4. The Bertz CT molecular complexity index is 273. The van der Waals surface area contributed by atoms with Crippen LogP contribution < -0.4 is 5.32 Å². The summed E-state index contributed by atoms with van der Waals surface area (Å²) in [6, 6.07) is -0.913. The van der Waals surface area contributed by atoms with E-state index < -0.39 is 12.0 Å². The maximum Gasteiger partial charge on any atom is 0.282 e. The van der Waals surface area contributed by atoms with Crippen LogP contribution in [0.5, 0.6) is 0 Å². The molecule has 1 aromatic heterocycles. The van der Waals surface area contributed by atoms with Crippen LogP contribution in [0.3, 0.4) is 0 Å². The molecule has 1 aliphatic heterocycles. The second-order valence-electron chi connectivity index (χ2n) is 3.03. The van der Waals surface area contributed by atoms with E-state index in [0.29, 0.717) is 13.0 Å². The van der Waals surface area contributed by atoms with E-state index in [0.717, 1.165) is 4.68 Å². The molecule has 1 atom stereocenters. The highest BCUT2D eigenvalue weighted by Crippen LogP contribution is 2.32. The van der Waals surface area contributed by atoms with Gasteiger partial charge in [-0.15, -0.1) is 5.10 Å². The molecule has 13 heavy (non-hydrogen) atoms. The number of aromatic nitrogens is 4. The highest BCUT2D eigenvalue weighted by Gasteiger charge is 2.43. The van der Waals surface area contributed by atoms with Gasteiger partial charge in [-0.25, -0.2) is 13.5 Å². The lowest BCUT2D eigenvalue weighted by atomic mass is 10.0. The molecule has 0 aliphatic carbocycles. The molecule has 2 rings (SSSR count). The maximum atomic E-state index is 13.3. The summed E-state index contributed by atoms with van der Waals surface area (Å²) < 4.78 is 27.6. The molecule has 0 spiro atoms. The average molecular weight is 189 g/mol. The summed E-state index contributed by atoms with van der Waals surface area (Å²) in [5, 5.41) is 12.8. The molecule has 1 fully saturated rings. The maximum absolute atomic E-state index is 13.3. The Kier molecular flexibility index (Phi) is 1.95. The summed E-state index contributed by atoms with van der Waals surface area (Å²) in [4.78, 5) is 0. The number of piperidine rings is 1. The molecule has 1 aliphatic rings. The monoisotopic (exact) mass is 189 g/mol. The van der Waals surface area contributed by atoms with Crippen LogP contribution in [-0.2, 0) is 0 Å². The van der Waals surface area contributed by atoms with E-state index >= 15 is 0 Å². The third-order valence-electron chi connectivity index (χ3n) is 2.13. The van der Waals surface area contributed by atoms with E-state index in [1.807, 2.05) is 0 Å². The van der Waals surface area contributed by atoms with Crippen molar-refractivity contribution in [1.29, 1.82) is 0 Å². The first-order valence-electron chi connectivity index (χ1n) is 4.01. The van der Waals surface area contributed by atoms with Crippen molar-refractivity contribution in [3.8, 4) is 0 Å². The minimum absolute atomic E-state index is 0.308. The smallest absolute Gasteiger partial charge is 0.282 e. The lowest BCUT2D eigenvalue weighted by molar-refractivity contribution is -0.0703. The molecule has 0 saturated carbocycles. The largest absolute Gasteiger partial charge is 0.311 e. The summed E-state index contributed by atoms with van der Waals surface area (Å²) in [5.74, 6) is -2.77. The Morgan fingerprint density at radius 3 is 3.00 bits per heavy atom. The zero-order valence-electron chi connectivity index (χ0n) is 6.82. The molecule has 1 unspecified atom stereocenters. The number of rotatable bonds is 1. The SMILES string of the molecule is FC1(F)CNCCC1n1cnnn1. The van der Waals surface area contributed by atoms with Crippen molar-refractivity contribution in [3.63, 3.8) is 0 Å². The standard InChI is InChI=1S/C6H9F2N5/c7-6(8)3-9-2-1-5(6)13-4-10-11-12-13/h4-5,9H,1-3H2. The summed E-state index contributed by atoms with van der Waals surface area (Å²) in [5.41, 5.74) is 0. The van der Waals surface area contributed by atoms with E-state index in [4.69, 9.17) is 0 Å². The molecule has 0 radical (unpaired) electrons. The van der Waals surface area contributed by atoms with Gasteiger partial charge < -0.3 is 5.32 Å². The zero-order chi connectivity index (χ0) is 9.31. The van der Waals surface area contributed by atoms with Crippen molar-refractivity contribution < 1.29 is 8.78 Å². The molecule has 1 aromatic rings. The highest BCUT2D eigenvalue weighted by atomic mass is 19.3. The van der Waals surface area contributed by atoms with Gasteiger partial charge in [0.1, 0.15) is 12.4 Å². The van der Waals surface area contributed by atoms with Crippen molar-refractivity contribution >= 4 is 0 Å². The van der Waals surface area contributed by atoms with Crippen LogP contribution in [0, 0.1) is 0 Å². The molecule has 1 saturated heterocycles. The quantitative estimate of drug-likeness (QED) is 0.667. The number of hydrogen-bond acceptors (Lipinski definition) is 4. The number of nitrogens with one attached hydrogen (secondary N) is 1. The fourth-order valence-electron chi connectivity index (χ4n) is 1.46. The summed E-state index contributed by atoms with van der Waals surface area (Å²) in [6.07, 6.45) is 1.57. The van der Waals surface area contributed by atoms with Crippen molar-refractivity contribution in [2.45, 2.75) is 18.4 Å². The molecule has 1 N–H and O–H groups in total. The van der Waals surface area contributed by atoms with E-state index in [1.54, 1.807) is 0 Å². The third-order valence-corrected chi connectivity index (χ3v) is 2.13. The van der Waals surface area contributed by atoms with Crippen LogP contribution in [-0.4, -0.2) is 39.2 Å². The van der Waals surface area contributed by atoms with E-state index in [-0.39, 0.29) is 6.54 Å². The molecule has 5 nitrogen and oxygen atoms in total. The minimum atomic E-state index is -2.77. The molecular formula is C6H9F2N5. The van der Waals surface area contributed by atoms with Crippen LogP contribution in [0.1, 0.15) is 12.5 Å². The van der Waals surface area contributed by atoms with E-state index in [1.165, 1.54) is 6.33 Å². The van der Waals surface area contributed by atoms with E-state index in [2.05, 4.69) is 20.8 Å². The summed E-state index contributed by atoms with van der Waals surface area (Å²) >= 11 is 0. The van der Waals surface area contributed by atoms with Crippen LogP contribution in [0.2, 0.25) is 0 Å². The van der Waals surface area contributed by atoms with Crippen LogP contribution in [0.4, 0.5) is 8.78 Å². The molecular weight excluding hydrogens is 180 g/mol. The van der Waals surface area contributed by atoms with Gasteiger partial charge in [0.05, 0.1) is 6.54 Å². The molecule has 0 aromatic carbocycles. The molecule has 0 amide bonds. The number of tetrazole rings is 1. The Morgan fingerprint density at radius 2 is 2.38 bits per heavy atom. The molecule has 0 bridgehead atoms. The predicted molar refractivity (Wildman–Crippen MR) is 39.3 cm³/mol. The first-order valence-corrected chi connectivity index (χ1v) is 4.01. The van der Waals surface area contributed by atoms with Gasteiger partial charge in [0.25, 0.3) is 5.92 Å². The lowest BCUT2D eigenvalue weighted by Gasteiger charge is -2.30. The topological polar surface area (TPSA) is 55.6 Å². The highest BCUT2D eigenvalue weighted by molar-refractivity contribution is 4.87. The van der Waals surface area contributed by atoms with Gasteiger partial charge in [-0.2, -0.15) is 0 Å². The van der Waals surface area contributed by atoms with Crippen molar-refractivity contribution in [1.82, 2.24) is 25.5 Å². The second kappa shape index (κ2) is 2.99. The average Bonchev–Trinajstić information content (AvgIpc) is 2.55. The van der Waals surface area contributed by atoms with Gasteiger partial charge in [-0.3, -0.25) is 0 Å². The van der Waals surface area contributed by atoms with E-state index in [9.17, 15) is 8.78 Å². The van der Waals surface area contributed by atoms with Crippen LogP contribution >= 0.6 is 0 Å². The Hall–Kier alpha value is -1.11. The zero-order valence-corrected chi connectivity index (χ0v) is 6.82. The third kappa shape index (κ3) is 1.51. The van der Waals surface area contributed by atoms with Gasteiger partial charge in [-0.1, -0.05) is 0 Å². The number of alkyl halides is 2. The van der Waals surface area contributed by atoms with Crippen molar-refractivity contribution in [2.24, 2.45) is 0 Å². The first kappa shape index (κ1) is 8.49. The van der Waals surface area contributed by atoms with Gasteiger partial charge in [0.15, 0.2) is 0 Å². The second-order valence-corrected chi connectivity index (χ2v) is 3.03. The predicted octanol–water partition coefficient (Wildman–Crippen LogP) is -0.157. The Labute approximate surface area is 73.1 Å². The number of halogens is 2. The number of hydrogen-bond donors (Lipinski definition) is 1. The summed E-state index contributed by atoms with van der Waals surface area (Å²) in [7, 11) is 0. The van der Waals surface area contributed by atoms with Crippen LogP contribution in [0.25, 0.3) is 0 Å². The van der Waals surface area contributed by atoms with Crippen molar-refractivity contribution in [3.05, 3.63) is 6.33 Å². The fraction of sp³-hybridized carbons (Fsp3) is 0.833. The van der Waals surface area contributed by atoms with Gasteiger partial charge in [0, 0.05) is 0 Å². The Morgan fingerprint density at radius 1 is 1.54 bits per heavy atom. The fourth-order valence-corrected chi connectivity index (χ4v) is 1.46. The molecule has 7 heteroatoms. The van der Waals surface area contributed by atoms with Crippen molar-refractivity contribution in [2.75, 3.05) is 13.1 Å². The van der Waals surface area contributed by atoms with Gasteiger partial charge in [-0.05, 0) is 23.4 Å². The Balaban J connectivity index is 2.21. The minimum Gasteiger partial charge on any atom is -0.311 e. The lowest BCUT2D eigenvalue weighted by Crippen LogP contribution is -2.47. The first-order chi connectivity index (χ1) is 6.20. The summed E-state index contributed by atoms with van der Waals surface area (Å²) in [6.45, 7) is 0.262. The van der Waals surface area contributed by atoms with Crippen LogP contribution in [0.15, 0.2) is 6.33 Å².